The van der Waals surface area contributed by atoms with E-state index in [1.165, 1.54) is 0 Å². The second kappa shape index (κ2) is 13.2. The van der Waals surface area contributed by atoms with Gasteiger partial charge in [-0.25, -0.2) is 9.48 Å². The van der Waals surface area contributed by atoms with Gasteiger partial charge in [0.05, 0.1) is 23.4 Å². The van der Waals surface area contributed by atoms with Crippen LogP contribution in [0.15, 0.2) is 24.0 Å². The van der Waals surface area contributed by atoms with Crippen LogP contribution in [0.5, 0.6) is 0 Å². The summed E-state index contributed by atoms with van der Waals surface area (Å²) < 4.78 is 13.2. The van der Waals surface area contributed by atoms with Crippen molar-refractivity contribution >= 4 is 12.1 Å². The number of aryl methyl sites for hydroxylation is 1. The number of nitrogens with zero attached hydrogens (tertiary/aromatic N) is 4. The Morgan fingerprint density at radius 2 is 2.03 bits per heavy atom. The number of rotatable bonds is 11. The zero-order valence-corrected chi connectivity index (χ0v) is 21.4. The standard InChI is InChI=1S/C25H40N4O5/c1-7-20(34-21-10-8-9-19(15-21)24(30)31)12-11-18(4)23-22(29(6)27-26-23)16-33-25(32)28(5)14-13-17(2)3/h7,11-12,17-19,21H,8-10,13-16H2,1-6H3,(H,30,31)/b12-11-,20-7+/t18?,19-,21-/m1/s1. The minimum atomic E-state index is -0.749. The number of carboxylic acid groups (broad SMARTS) is 1. The van der Waals surface area contributed by atoms with E-state index in [4.69, 9.17) is 9.47 Å². The van der Waals surface area contributed by atoms with Crippen LogP contribution in [0.2, 0.25) is 0 Å². The van der Waals surface area contributed by atoms with Crippen molar-refractivity contribution in [2.24, 2.45) is 18.9 Å². The van der Waals surface area contributed by atoms with Gasteiger partial charge >= 0.3 is 12.1 Å². The van der Waals surface area contributed by atoms with Gasteiger partial charge in [-0.3, -0.25) is 4.79 Å². The summed E-state index contributed by atoms with van der Waals surface area (Å²) in [6.45, 7) is 8.86. The zero-order chi connectivity index (χ0) is 25.3. The highest BCUT2D eigenvalue weighted by Gasteiger charge is 2.28. The van der Waals surface area contributed by atoms with Crippen molar-refractivity contribution in [1.82, 2.24) is 19.9 Å². The SMILES string of the molecule is C/C=C(\C=C/C(C)c1nnn(C)c1COC(=O)N(C)CCC(C)C)O[C@@H]1CCC[C@@H](C(=O)O)C1. The van der Waals surface area contributed by atoms with E-state index in [0.717, 1.165) is 30.7 Å². The summed E-state index contributed by atoms with van der Waals surface area (Å²) in [4.78, 5) is 25.2. The molecule has 1 amide bonds. The highest BCUT2D eigenvalue weighted by molar-refractivity contribution is 5.70. The molecule has 0 spiro atoms. The Bertz CT molecular complexity index is 877. The largest absolute Gasteiger partial charge is 0.491 e. The van der Waals surface area contributed by atoms with Crippen LogP contribution in [0.25, 0.3) is 0 Å². The summed E-state index contributed by atoms with van der Waals surface area (Å²) in [7, 11) is 3.52. The number of ether oxygens (including phenoxy) is 2. The maximum Gasteiger partial charge on any atom is 0.409 e. The molecule has 1 fully saturated rings. The second-order valence-corrected chi connectivity index (χ2v) is 9.48. The number of carbonyl (C=O) groups is 2. The first-order valence-electron chi connectivity index (χ1n) is 12.1. The molecule has 0 aliphatic heterocycles. The van der Waals surface area contributed by atoms with Crippen LogP contribution in [-0.2, 0) is 27.9 Å². The molecular formula is C25H40N4O5. The number of hydrogen-bond donors (Lipinski definition) is 1. The van der Waals surface area contributed by atoms with E-state index in [2.05, 4.69) is 24.2 Å². The Morgan fingerprint density at radius 3 is 2.68 bits per heavy atom. The van der Waals surface area contributed by atoms with E-state index in [-0.39, 0.29) is 30.6 Å². The molecule has 1 saturated carbocycles. The number of allylic oxidation sites excluding steroid dienone is 3. The van der Waals surface area contributed by atoms with Crippen molar-refractivity contribution in [3.63, 3.8) is 0 Å². The van der Waals surface area contributed by atoms with Crippen LogP contribution in [0, 0.1) is 11.8 Å². The van der Waals surface area contributed by atoms with Crippen LogP contribution in [0.1, 0.15) is 77.1 Å². The van der Waals surface area contributed by atoms with Crippen LogP contribution < -0.4 is 0 Å². The minimum Gasteiger partial charge on any atom is -0.491 e. The average molecular weight is 477 g/mol. The first-order valence-corrected chi connectivity index (χ1v) is 12.1. The second-order valence-electron chi connectivity index (χ2n) is 9.48. The fourth-order valence-electron chi connectivity index (χ4n) is 3.90. The lowest BCUT2D eigenvalue weighted by Gasteiger charge is -2.27. The third kappa shape index (κ3) is 8.18. The Morgan fingerprint density at radius 1 is 1.29 bits per heavy atom. The van der Waals surface area contributed by atoms with Crippen molar-refractivity contribution in [1.29, 1.82) is 0 Å². The highest BCUT2D eigenvalue weighted by Crippen LogP contribution is 2.28. The third-order valence-electron chi connectivity index (χ3n) is 6.20. The van der Waals surface area contributed by atoms with Gasteiger partial charge in [0, 0.05) is 26.6 Å². The van der Waals surface area contributed by atoms with E-state index in [1.54, 1.807) is 23.7 Å². The van der Waals surface area contributed by atoms with E-state index in [1.807, 2.05) is 32.1 Å². The van der Waals surface area contributed by atoms with Crippen molar-refractivity contribution in [2.45, 2.75) is 78.4 Å². The molecule has 3 atom stereocenters. The summed E-state index contributed by atoms with van der Waals surface area (Å²) in [5, 5.41) is 17.7. The number of aliphatic carboxylic acids is 1. The molecule has 9 nitrogen and oxygen atoms in total. The molecule has 2 rings (SSSR count). The molecule has 34 heavy (non-hydrogen) atoms. The fraction of sp³-hybridized carbons (Fsp3) is 0.680. The van der Waals surface area contributed by atoms with E-state index in [0.29, 0.717) is 31.1 Å². The first kappa shape index (κ1) is 27.4. The van der Waals surface area contributed by atoms with Gasteiger partial charge < -0.3 is 19.5 Å². The molecule has 1 aromatic heterocycles. The molecule has 0 bridgehead atoms. The molecule has 1 heterocycles. The van der Waals surface area contributed by atoms with Crippen LogP contribution in [0.4, 0.5) is 4.79 Å². The highest BCUT2D eigenvalue weighted by atomic mass is 16.6. The monoisotopic (exact) mass is 476 g/mol. The topological polar surface area (TPSA) is 107 Å². The molecule has 190 valence electrons. The molecule has 0 aromatic carbocycles. The van der Waals surface area contributed by atoms with Gasteiger partial charge in [0.2, 0.25) is 0 Å². The van der Waals surface area contributed by atoms with Crippen LogP contribution in [0.3, 0.4) is 0 Å². The van der Waals surface area contributed by atoms with E-state index in [9.17, 15) is 14.7 Å². The first-order chi connectivity index (χ1) is 16.1. The number of amides is 1. The van der Waals surface area contributed by atoms with Crippen molar-refractivity contribution in [2.75, 3.05) is 13.6 Å². The summed E-state index contributed by atoms with van der Waals surface area (Å²) in [5.74, 6) is 0.0401. The maximum atomic E-state index is 12.3. The fourth-order valence-corrected chi connectivity index (χ4v) is 3.90. The predicted octanol–water partition coefficient (Wildman–Crippen LogP) is 4.65. The molecule has 1 N–H and O–H groups in total. The molecule has 1 aliphatic carbocycles. The van der Waals surface area contributed by atoms with Crippen LogP contribution >= 0.6 is 0 Å². The smallest absolute Gasteiger partial charge is 0.409 e. The number of carbonyl (C=O) groups excluding carboxylic acids is 1. The van der Waals surface area contributed by atoms with Gasteiger partial charge in [-0.2, -0.15) is 0 Å². The zero-order valence-electron chi connectivity index (χ0n) is 21.4. The Balaban J connectivity index is 1.97. The summed E-state index contributed by atoms with van der Waals surface area (Å²) in [6, 6.07) is 0. The lowest BCUT2D eigenvalue weighted by Crippen LogP contribution is -2.29. The van der Waals surface area contributed by atoms with Gasteiger partial charge in [-0.15, -0.1) is 5.10 Å². The lowest BCUT2D eigenvalue weighted by molar-refractivity contribution is -0.144. The van der Waals surface area contributed by atoms with Crippen molar-refractivity contribution in [3.05, 3.63) is 35.4 Å². The lowest BCUT2D eigenvalue weighted by atomic mass is 9.87. The van der Waals surface area contributed by atoms with E-state index >= 15 is 0 Å². The normalized spacial score (nSPS) is 19.9. The Kier molecular flexibility index (Phi) is 10.6. The quantitative estimate of drug-likeness (QED) is 0.366. The van der Waals surface area contributed by atoms with Gasteiger partial charge in [-0.1, -0.05) is 32.1 Å². The molecular weight excluding hydrogens is 436 g/mol. The number of aromatic nitrogens is 3. The molecule has 9 heteroatoms. The van der Waals surface area contributed by atoms with Gasteiger partial charge in [0.15, 0.2) is 0 Å². The van der Waals surface area contributed by atoms with Crippen LogP contribution in [-0.4, -0.2) is 56.8 Å². The average Bonchev–Trinajstić information content (AvgIpc) is 3.18. The van der Waals surface area contributed by atoms with Gasteiger partial charge in [0.25, 0.3) is 0 Å². The summed E-state index contributed by atoms with van der Waals surface area (Å²) in [5.41, 5.74) is 1.47. The molecule has 0 radical (unpaired) electrons. The van der Waals surface area contributed by atoms with Crippen molar-refractivity contribution in [3.8, 4) is 0 Å². The number of hydrogen-bond acceptors (Lipinski definition) is 6. The minimum absolute atomic E-state index is 0.0854. The summed E-state index contributed by atoms with van der Waals surface area (Å²) in [6.07, 6.45) is 9.13. The predicted molar refractivity (Wildman–Crippen MR) is 129 cm³/mol. The van der Waals surface area contributed by atoms with E-state index < -0.39 is 5.97 Å². The Hall–Kier alpha value is -2.84. The van der Waals surface area contributed by atoms with Crippen molar-refractivity contribution < 1.29 is 24.2 Å². The maximum absolute atomic E-state index is 12.3. The molecule has 1 unspecified atom stereocenters. The molecule has 1 aromatic rings. The Labute approximate surface area is 202 Å². The molecule has 1 aliphatic rings. The van der Waals surface area contributed by atoms with Gasteiger partial charge in [0.1, 0.15) is 12.4 Å². The third-order valence-corrected chi connectivity index (χ3v) is 6.20. The number of carboxylic acids is 1. The summed E-state index contributed by atoms with van der Waals surface area (Å²) >= 11 is 0. The molecule has 0 saturated heterocycles. The van der Waals surface area contributed by atoms with Gasteiger partial charge in [-0.05, 0) is 57.1 Å².